The van der Waals surface area contributed by atoms with Crippen molar-refractivity contribution in [3.05, 3.63) is 35.9 Å². The van der Waals surface area contributed by atoms with E-state index in [2.05, 4.69) is 0 Å². The number of hydrogen-bond donors (Lipinski definition) is 2. The summed E-state index contributed by atoms with van der Waals surface area (Å²) in [6.45, 7) is 0. The van der Waals surface area contributed by atoms with Crippen LogP contribution in [-0.2, 0) is 16.0 Å². The molecule has 1 unspecified atom stereocenters. The van der Waals surface area contributed by atoms with Crippen LogP contribution in [0.5, 0.6) is 0 Å². The van der Waals surface area contributed by atoms with Crippen molar-refractivity contribution in [3.8, 4) is 0 Å². The largest absolute Gasteiger partial charge is 0.481 e. The third kappa shape index (κ3) is 5.41. The van der Waals surface area contributed by atoms with E-state index in [1.54, 1.807) is 35.6 Å². The van der Waals surface area contributed by atoms with Gasteiger partial charge in [-0.3, -0.25) is 9.59 Å². The summed E-state index contributed by atoms with van der Waals surface area (Å²) in [5.74, 6) is -3.40. The molecule has 0 aliphatic carbocycles. The predicted octanol–water partition coefficient (Wildman–Crippen LogP) is 1.75. The number of carbonyl (C=O) groups is 2. The molecule has 0 fully saturated rings. The highest BCUT2D eigenvalue weighted by atomic mass is 19.4. The van der Waals surface area contributed by atoms with E-state index in [1.807, 2.05) is 0 Å². The van der Waals surface area contributed by atoms with Crippen LogP contribution in [0.1, 0.15) is 12.0 Å². The van der Waals surface area contributed by atoms with Gasteiger partial charge >= 0.3 is 18.1 Å². The number of nitrogens with one attached hydrogen (secondary N) is 1. The summed E-state index contributed by atoms with van der Waals surface area (Å²) in [5.41, 5.74) is 0.649. The Labute approximate surface area is 107 Å². The summed E-state index contributed by atoms with van der Waals surface area (Å²) >= 11 is 0. The lowest BCUT2D eigenvalue weighted by atomic mass is 10.0. The number of carboxylic acids is 1. The average Bonchev–Trinajstić information content (AvgIpc) is 2.28. The van der Waals surface area contributed by atoms with Gasteiger partial charge in [-0.1, -0.05) is 30.3 Å². The van der Waals surface area contributed by atoms with Gasteiger partial charge in [0.2, 0.25) is 0 Å². The van der Waals surface area contributed by atoms with Gasteiger partial charge in [-0.05, 0) is 12.0 Å². The molecule has 1 aromatic carbocycles. The van der Waals surface area contributed by atoms with E-state index in [0.29, 0.717) is 5.56 Å². The Hall–Kier alpha value is -2.05. The molecule has 0 saturated carbocycles. The van der Waals surface area contributed by atoms with Gasteiger partial charge in [0.05, 0.1) is 6.42 Å². The van der Waals surface area contributed by atoms with Crippen LogP contribution in [0.3, 0.4) is 0 Å². The third-order valence-electron chi connectivity index (χ3n) is 2.34. The Kier molecular flexibility index (Phi) is 4.91. The number of carboxylic acid groups (broad SMARTS) is 1. The monoisotopic (exact) mass is 275 g/mol. The van der Waals surface area contributed by atoms with Crippen molar-refractivity contribution < 1.29 is 27.9 Å². The fourth-order valence-electron chi connectivity index (χ4n) is 1.55. The van der Waals surface area contributed by atoms with E-state index in [4.69, 9.17) is 5.11 Å². The molecule has 2 N–H and O–H groups in total. The summed E-state index contributed by atoms with van der Waals surface area (Å²) in [5, 5.41) is 10.3. The van der Waals surface area contributed by atoms with Crippen molar-refractivity contribution in [2.45, 2.75) is 25.1 Å². The van der Waals surface area contributed by atoms with Crippen molar-refractivity contribution in [2.24, 2.45) is 0 Å². The summed E-state index contributed by atoms with van der Waals surface area (Å²) in [6, 6.07) is 7.28. The maximum absolute atomic E-state index is 12.1. The van der Waals surface area contributed by atoms with Crippen LogP contribution >= 0.6 is 0 Å². The first kappa shape index (κ1) is 15.0. The minimum Gasteiger partial charge on any atom is -0.481 e. The van der Waals surface area contributed by atoms with Crippen molar-refractivity contribution in [1.82, 2.24) is 5.32 Å². The van der Waals surface area contributed by atoms with Crippen LogP contribution in [0.15, 0.2) is 30.3 Å². The zero-order valence-corrected chi connectivity index (χ0v) is 9.78. The molecule has 1 aromatic rings. The summed E-state index contributed by atoms with van der Waals surface area (Å²) < 4.78 is 36.4. The van der Waals surface area contributed by atoms with Gasteiger partial charge in [-0.25, -0.2) is 0 Å². The minimum atomic E-state index is -5.02. The first-order valence-corrected chi connectivity index (χ1v) is 5.42. The first-order valence-electron chi connectivity index (χ1n) is 5.42. The second-order valence-corrected chi connectivity index (χ2v) is 3.96. The molecular formula is C12H12F3NO3. The Morgan fingerprint density at radius 2 is 1.79 bits per heavy atom. The minimum absolute atomic E-state index is 0.0228. The van der Waals surface area contributed by atoms with Crippen molar-refractivity contribution in [2.75, 3.05) is 0 Å². The summed E-state index contributed by atoms with van der Waals surface area (Å²) in [6.07, 6.45) is -5.57. The molecule has 1 rings (SSSR count). The lowest BCUT2D eigenvalue weighted by Gasteiger charge is -2.18. The first-order chi connectivity index (χ1) is 8.79. The highest BCUT2D eigenvalue weighted by Crippen LogP contribution is 2.16. The predicted molar refractivity (Wildman–Crippen MR) is 60.4 cm³/mol. The van der Waals surface area contributed by atoms with Gasteiger partial charge in [-0.15, -0.1) is 0 Å². The van der Waals surface area contributed by atoms with Crippen LogP contribution in [0.2, 0.25) is 0 Å². The molecule has 0 aromatic heterocycles. The van der Waals surface area contributed by atoms with Crippen LogP contribution < -0.4 is 5.32 Å². The molecule has 0 aliphatic heterocycles. The number of benzene rings is 1. The molecule has 104 valence electrons. The van der Waals surface area contributed by atoms with Crippen LogP contribution in [0, 0.1) is 0 Å². The van der Waals surface area contributed by atoms with E-state index in [9.17, 15) is 22.8 Å². The highest BCUT2D eigenvalue weighted by Gasteiger charge is 2.39. The van der Waals surface area contributed by atoms with Gasteiger partial charge in [-0.2, -0.15) is 13.2 Å². The van der Waals surface area contributed by atoms with E-state index >= 15 is 0 Å². The molecule has 0 bridgehead atoms. The topological polar surface area (TPSA) is 66.4 Å². The molecule has 1 atom stereocenters. The number of carbonyl (C=O) groups excluding carboxylic acids is 1. The standard InChI is InChI=1S/C12H12F3NO3/c13-12(14,15)11(19)16-9(7-10(17)18)6-8-4-2-1-3-5-8/h1-5,9H,6-7H2,(H,16,19)(H,17,18). The van der Waals surface area contributed by atoms with Gasteiger partial charge < -0.3 is 10.4 Å². The lowest BCUT2D eigenvalue weighted by Crippen LogP contribution is -2.45. The number of hydrogen-bond acceptors (Lipinski definition) is 2. The van der Waals surface area contributed by atoms with E-state index < -0.39 is 30.5 Å². The molecule has 0 radical (unpaired) electrons. The number of alkyl halides is 3. The SMILES string of the molecule is O=C(O)CC(Cc1ccccc1)NC(=O)C(F)(F)F. The van der Waals surface area contributed by atoms with Crippen LogP contribution in [0.25, 0.3) is 0 Å². The van der Waals surface area contributed by atoms with Gasteiger partial charge in [0.1, 0.15) is 0 Å². The Morgan fingerprint density at radius 1 is 1.21 bits per heavy atom. The van der Waals surface area contributed by atoms with E-state index in [1.165, 1.54) is 0 Å². The Morgan fingerprint density at radius 3 is 2.26 bits per heavy atom. The third-order valence-corrected chi connectivity index (χ3v) is 2.34. The van der Waals surface area contributed by atoms with Crippen molar-refractivity contribution in [1.29, 1.82) is 0 Å². The highest BCUT2D eigenvalue weighted by molar-refractivity contribution is 5.82. The lowest BCUT2D eigenvalue weighted by molar-refractivity contribution is -0.174. The second-order valence-electron chi connectivity index (χ2n) is 3.96. The number of rotatable bonds is 5. The maximum atomic E-state index is 12.1. The zero-order chi connectivity index (χ0) is 14.5. The Balaban J connectivity index is 2.73. The van der Waals surface area contributed by atoms with Crippen molar-refractivity contribution >= 4 is 11.9 Å². The van der Waals surface area contributed by atoms with Crippen LogP contribution in [-0.4, -0.2) is 29.2 Å². The van der Waals surface area contributed by atoms with Crippen LogP contribution in [0.4, 0.5) is 13.2 Å². The van der Waals surface area contributed by atoms with Gasteiger partial charge in [0.25, 0.3) is 0 Å². The van der Waals surface area contributed by atoms with Crippen molar-refractivity contribution in [3.63, 3.8) is 0 Å². The molecule has 19 heavy (non-hydrogen) atoms. The fraction of sp³-hybridized carbons (Fsp3) is 0.333. The number of halogens is 3. The number of aliphatic carboxylic acids is 1. The molecule has 1 amide bonds. The maximum Gasteiger partial charge on any atom is 0.471 e. The molecule has 0 spiro atoms. The smallest absolute Gasteiger partial charge is 0.471 e. The number of amides is 1. The van der Waals surface area contributed by atoms with E-state index in [-0.39, 0.29) is 6.42 Å². The average molecular weight is 275 g/mol. The molecule has 0 aliphatic rings. The fourth-order valence-corrected chi connectivity index (χ4v) is 1.55. The summed E-state index contributed by atoms with van der Waals surface area (Å²) in [7, 11) is 0. The molecule has 7 heteroatoms. The van der Waals surface area contributed by atoms with E-state index in [0.717, 1.165) is 0 Å². The zero-order valence-electron chi connectivity index (χ0n) is 9.78. The Bertz CT molecular complexity index is 445. The summed E-state index contributed by atoms with van der Waals surface area (Å²) in [4.78, 5) is 21.4. The molecule has 4 nitrogen and oxygen atoms in total. The molecular weight excluding hydrogens is 263 g/mol. The van der Waals surface area contributed by atoms with Gasteiger partial charge in [0.15, 0.2) is 0 Å². The molecule has 0 saturated heterocycles. The quantitative estimate of drug-likeness (QED) is 0.860. The normalized spacial score (nSPS) is 12.8. The van der Waals surface area contributed by atoms with Gasteiger partial charge in [0, 0.05) is 6.04 Å². The second kappa shape index (κ2) is 6.21. The molecule has 0 heterocycles.